The zero-order chi connectivity index (χ0) is 15.1. The van der Waals surface area contributed by atoms with Gasteiger partial charge in [-0.3, -0.25) is 9.48 Å². The van der Waals surface area contributed by atoms with Crippen LogP contribution in [-0.2, 0) is 18.9 Å². The third kappa shape index (κ3) is 2.79. The van der Waals surface area contributed by atoms with Crippen molar-refractivity contribution in [2.75, 3.05) is 0 Å². The van der Waals surface area contributed by atoms with Crippen LogP contribution in [0.4, 0.5) is 0 Å². The lowest BCUT2D eigenvalue weighted by Gasteiger charge is -2.19. The maximum Gasteiger partial charge on any atom is 0.264 e. The van der Waals surface area contributed by atoms with Gasteiger partial charge in [0.15, 0.2) is 0 Å². The fourth-order valence-corrected chi connectivity index (χ4v) is 3.14. The van der Waals surface area contributed by atoms with Gasteiger partial charge in [-0.2, -0.15) is 5.10 Å². The molecular formula is C14H19IN4O. The second-order valence-electron chi connectivity index (χ2n) is 5.84. The molecule has 0 atom stereocenters. The first-order chi connectivity index (χ1) is 9.24. The summed E-state index contributed by atoms with van der Waals surface area (Å²) in [6, 6.07) is 0. The molecule has 0 aliphatic rings. The van der Waals surface area contributed by atoms with E-state index in [0.717, 1.165) is 23.4 Å². The summed E-state index contributed by atoms with van der Waals surface area (Å²) in [7, 11) is 1.87. The maximum absolute atomic E-state index is 12.2. The van der Waals surface area contributed by atoms with Gasteiger partial charge in [0.05, 0.1) is 17.0 Å². The van der Waals surface area contributed by atoms with Crippen LogP contribution >= 0.6 is 22.6 Å². The first-order valence-corrected chi connectivity index (χ1v) is 7.65. The van der Waals surface area contributed by atoms with E-state index in [1.165, 1.54) is 0 Å². The number of aromatic amines is 1. The number of nitrogens with one attached hydrogen (secondary N) is 1. The van der Waals surface area contributed by atoms with E-state index in [9.17, 15) is 4.79 Å². The summed E-state index contributed by atoms with van der Waals surface area (Å²) >= 11 is 2.06. The Balaban J connectivity index is 2.70. The Morgan fingerprint density at radius 2 is 2.05 bits per heavy atom. The van der Waals surface area contributed by atoms with Crippen LogP contribution in [0.5, 0.6) is 0 Å². The van der Waals surface area contributed by atoms with Crippen molar-refractivity contribution in [3.63, 3.8) is 0 Å². The molecule has 0 bridgehead atoms. The van der Waals surface area contributed by atoms with Crippen molar-refractivity contribution in [1.29, 1.82) is 0 Å². The van der Waals surface area contributed by atoms with Crippen LogP contribution in [0.2, 0.25) is 0 Å². The van der Waals surface area contributed by atoms with Crippen LogP contribution < -0.4 is 5.56 Å². The van der Waals surface area contributed by atoms with Gasteiger partial charge in [-0.25, -0.2) is 4.98 Å². The van der Waals surface area contributed by atoms with Crippen LogP contribution in [0, 0.1) is 3.57 Å². The van der Waals surface area contributed by atoms with E-state index in [4.69, 9.17) is 0 Å². The average Bonchev–Trinajstić information content (AvgIpc) is 2.72. The molecule has 6 heteroatoms. The van der Waals surface area contributed by atoms with E-state index in [2.05, 4.69) is 58.4 Å². The molecule has 0 radical (unpaired) electrons. The van der Waals surface area contributed by atoms with Crippen molar-refractivity contribution in [3.8, 4) is 11.4 Å². The fourth-order valence-electron chi connectivity index (χ4n) is 2.08. The van der Waals surface area contributed by atoms with Crippen molar-refractivity contribution in [2.24, 2.45) is 7.05 Å². The number of hydrogen-bond acceptors (Lipinski definition) is 3. The molecule has 0 saturated heterocycles. The highest BCUT2D eigenvalue weighted by Crippen LogP contribution is 2.26. The molecule has 2 rings (SSSR count). The largest absolute Gasteiger partial charge is 0.305 e. The van der Waals surface area contributed by atoms with Crippen molar-refractivity contribution in [2.45, 2.75) is 39.5 Å². The van der Waals surface area contributed by atoms with E-state index in [0.29, 0.717) is 9.39 Å². The molecule has 2 aromatic rings. The Bertz CT molecular complexity index is 694. The first kappa shape index (κ1) is 15.2. The monoisotopic (exact) mass is 386 g/mol. The molecule has 20 heavy (non-hydrogen) atoms. The smallest absolute Gasteiger partial charge is 0.264 e. The van der Waals surface area contributed by atoms with Crippen molar-refractivity contribution < 1.29 is 0 Å². The van der Waals surface area contributed by atoms with Crippen molar-refractivity contribution in [3.05, 3.63) is 31.5 Å². The van der Waals surface area contributed by atoms with E-state index < -0.39 is 0 Å². The predicted molar refractivity (Wildman–Crippen MR) is 87.9 cm³/mol. The number of rotatable bonds is 2. The Labute approximate surface area is 132 Å². The Kier molecular flexibility index (Phi) is 4.04. The van der Waals surface area contributed by atoms with Crippen LogP contribution in [0.3, 0.4) is 0 Å². The summed E-state index contributed by atoms with van der Waals surface area (Å²) in [5, 5.41) is 4.40. The van der Waals surface area contributed by atoms with E-state index in [1.54, 1.807) is 4.68 Å². The average molecular weight is 386 g/mol. The molecule has 0 saturated carbocycles. The molecule has 0 spiro atoms. The highest BCUT2D eigenvalue weighted by molar-refractivity contribution is 14.1. The molecule has 0 amide bonds. The van der Waals surface area contributed by atoms with Gasteiger partial charge >= 0.3 is 0 Å². The quantitative estimate of drug-likeness (QED) is 0.808. The standard InChI is InChI=1S/C14H19IN4O/c1-6-9-8(7-19(5)18-9)12-16-11(14(2,3)4)10(15)13(20)17-12/h7H,6H2,1-5H3,(H,16,17,20). The Morgan fingerprint density at radius 1 is 1.40 bits per heavy atom. The van der Waals surface area contributed by atoms with Gasteiger partial charge in [-0.1, -0.05) is 27.7 Å². The fraction of sp³-hybridized carbons (Fsp3) is 0.500. The normalized spacial score (nSPS) is 11.9. The summed E-state index contributed by atoms with van der Waals surface area (Å²) in [4.78, 5) is 19.7. The minimum absolute atomic E-state index is 0.0913. The number of H-pyrrole nitrogens is 1. The zero-order valence-electron chi connectivity index (χ0n) is 12.4. The molecule has 108 valence electrons. The van der Waals surface area contributed by atoms with Crippen molar-refractivity contribution >= 4 is 22.6 Å². The number of aromatic nitrogens is 4. The molecule has 5 nitrogen and oxygen atoms in total. The van der Waals surface area contributed by atoms with Crippen LogP contribution in [-0.4, -0.2) is 19.7 Å². The molecule has 2 aromatic heterocycles. The van der Waals surface area contributed by atoms with Crippen LogP contribution in [0.15, 0.2) is 11.0 Å². The van der Waals surface area contributed by atoms with Gasteiger partial charge in [0.2, 0.25) is 0 Å². The summed E-state index contributed by atoms with van der Waals surface area (Å²) in [6.45, 7) is 8.22. The van der Waals surface area contributed by atoms with E-state index >= 15 is 0 Å². The highest BCUT2D eigenvalue weighted by Gasteiger charge is 2.23. The maximum atomic E-state index is 12.2. The van der Waals surface area contributed by atoms with Crippen molar-refractivity contribution in [1.82, 2.24) is 19.7 Å². The summed E-state index contributed by atoms with van der Waals surface area (Å²) < 4.78 is 2.41. The molecule has 0 fully saturated rings. The summed E-state index contributed by atoms with van der Waals surface area (Å²) in [5.74, 6) is 0.602. The SMILES string of the molecule is CCc1nn(C)cc1-c1nc(C(C)(C)C)c(I)c(=O)[nH]1. The third-order valence-electron chi connectivity index (χ3n) is 3.07. The second kappa shape index (κ2) is 5.31. The molecule has 0 aliphatic heterocycles. The third-order valence-corrected chi connectivity index (χ3v) is 4.07. The number of nitrogens with zero attached hydrogens (tertiary/aromatic N) is 3. The molecule has 2 heterocycles. The second-order valence-corrected chi connectivity index (χ2v) is 6.92. The van der Waals surface area contributed by atoms with Gasteiger partial charge in [-0.15, -0.1) is 0 Å². The Hall–Kier alpha value is -1.18. The molecule has 1 N–H and O–H groups in total. The summed E-state index contributed by atoms with van der Waals surface area (Å²) in [5.41, 5.74) is 2.40. The minimum atomic E-state index is -0.172. The lowest BCUT2D eigenvalue weighted by Crippen LogP contribution is -2.24. The molecular weight excluding hydrogens is 367 g/mol. The minimum Gasteiger partial charge on any atom is -0.305 e. The zero-order valence-corrected chi connectivity index (χ0v) is 14.6. The van der Waals surface area contributed by atoms with Gasteiger partial charge in [-0.05, 0) is 29.0 Å². The topological polar surface area (TPSA) is 63.6 Å². The van der Waals surface area contributed by atoms with E-state index in [1.807, 2.05) is 20.2 Å². The lowest BCUT2D eigenvalue weighted by atomic mass is 9.92. The van der Waals surface area contributed by atoms with Crippen LogP contribution in [0.25, 0.3) is 11.4 Å². The molecule has 0 unspecified atom stereocenters. The summed E-state index contributed by atoms with van der Waals surface area (Å²) in [6.07, 6.45) is 2.70. The lowest BCUT2D eigenvalue weighted by molar-refractivity contribution is 0.562. The molecule has 0 aromatic carbocycles. The predicted octanol–water partition coefficient (Wildman–Crippen LogP) is 2.63. The Morgan fingerprint density at radius 3 is 2.60 bits per heavy atom. The van der Waals surface area contributed by atoms with E-state index in [-0.39, 0.29) is 11.0 Å². The van der Waals surface area contributed by atoms with Gasteiger partial charge < -0.3 is 4.98 Å². The van der Waals surface area contributed by atoms with Gasteiger partial charge in [0.1, 0.15) is 9.39 Å². The number of halogens is 1. The van der Waals surface area contributed by atoms with Gasteiger partial charge in [0, 0.05) is 18.7 Å². The molecule has 0 aliphatic carbocycles. The highest BCUT2D eigenvalue weighted by atomic mass is 127. The van der Waals surface area contributed by atoms with Gasteiger partial charge in [0.25, 0.3) is 5.56 Å². The first-order valence-electron chi connectivity index (χ1n) is 6.57. The van der Waals surface area contributed by atoms with Crippen LogP contribution in [0.1, 0.15) is 39.1 Å². The number of aryl methyl sites for hydroxylation is 2. The number of hydrogen-bond donors (Lipinski definition) is 1.